The number of carbonyl (C=O) groups is 1. The monoisotopic (exact) mass is 515 g/mol. The summed E-state index contributed by atoms with van der Waals surface area (Å²) in [5, 5.41) is 14.7. The number of nitrogens with zero attached hydrogens (tertiary/aromatic N) is 4. The number of fused-ring (bicyclic) bond motifs is 1. The predicted molar refractivity (Wildman–Crippen MR) is 145 cm³/mol. The van der Waals surface area contributed by atoms with E-state index in [0.29, 0.717) is 34.1 Å². The lowest BCUT2D eigenvalue weighted by Crippen LogP contribution is -2.57. The average molecular weight is 516 g/mol. The summed E-state index contributed by atoms with van der Waals surface area (Å²) in [7, 11) is 1.57. The van der Waals surface area contributed by atoms with Crippen LogP contribution in [-0.4, -0.2) is 41.6 Å². The fourth-order valence-electron chi connectivity index (χ4n) is 6.00. The van der Waals surface area contributed by atoms with Gasteiger partial charge in [-0.3, -0.25) is 14.0 Å². The number of benzene rings is 1. The van der Waals surface area contributed by atoms with Gasteiger partial charge in [-0.25, -0.2) is 9.97 Å². The van der Waals surface area contributed by atoms with Crippen LogP contribution in [0.1, 0.15) is 57.7 Å². The van der Waals surface area contributed by atoms with Gasteiger partial charge in [0.2, 0.25) is 11.5 Å². The minimum atomic E-state index is -0.448. The molecule has 0 atom stereocenters. The number of aryl methyl sites for hydroxylation is 2. The van der Waals surface area contributed by atoms with Crippen LogP contribution in [-0.2, 0) is 11.8 Å². The first-order chi connectivity index (χ1) is 17.9. The highest BCUT2D eigenvalue weighted by atomic mass is 16.5. The van der Waals surface area contributed by atoms with Crippen LogP contribution in [0, 0.1) is 6.92 Å². The van der Waals surface area contributed by atoms with Gasteiger partial charge in [-0.15, -0.1) is 0 Å². The van der Waals surface area contributed by atoms with Gasteiger partial charge in [0.05, 0.1) is 11.4 Å². The lowest BCUT2D eigenvalue weighted by Gasteiger charge is -2.46. The molecule has 2 N–H and O–H groups in total. The number of phenols is 1. The van der Waals surface area contributed by atoms with E-state index in [2.05, 4.69) is 39.9 Å². The van der Waals surface area contributed by atoms with E-state index in [9.17, 15) is 14.7 Å². The van der Waals surface area contributed by atoms with E-state index in [-0.39, 0.29) is 29.0 Å². The Labute approximate surface area is 221 Å². The molecule has 1 fully saturated rings. The second kappa shape index (κ2) is 9.09. The molecule has 5 rings (SSSR count). The molecule has 4 aromatic rings. The van der Waals surface area contributed by atoms with E-state index in [4.69, 9.17) is 14.7 Å². The van der Waals surface area contributed by atoms with Gasteiger partial charge in [0.25, 0.3) is 12.0 Å². The zero-order chi connectivity index (χ0) is 27.4. The second-order valence-electron chi connectivity index (χ2n) is 11.6. The highest BCUT2D eigenvalue weighted by molar-refractivity contribution is 5.78. The van der Waals surface area contributed by atoms with Crippen LogP contribution < -0.4 is 15.6 Å². The molecule has 0 spiro atoms. The third-order valence-electron chi connectivity index (χ3n) is 7.22. The van der Waals surface area contributed by atoms with Crippen LogP contribution in [0.5, 0.6) is 11.5 Å². The predicted octanol–water partition coefficient (Wildman–Crippen LogP) is 4.34. The molecule has 4 heterocycles. The van der Waals surface area contributed by atoms with Crippen molar-refractivity contribution >= 4 is 12.2 Å². The smallest absolute Gasteiger partial charge is 0.298 e. The van der Waals surface area contributed by atoms with Gasteiger partial charge in [0, 0.05) is 53.8 Å². The molecule has 0 bridgehead atoms. The van der Waals surface area contributed by atoms with E-state index in [1.165, 1.54) is 10.6 Å². The number of imidazole rings is 1. The maximum atomic E-state index is 12.5. The molecule has 9 heteroatoms. The summed E-state index contributed by atoms with van der Waals surface area (Å²) in [6, 6.07) is 6.70. The normalized spacial score (nSPS) is 17.0. The third kappa shape index (κ3) is 4.69. The van der Waals surface area contributed by atoms with E-state index in [1.54, 1.807) is 31.4 Å². The maximum Gasteiger partial charge on any atom is 0.298 e. The zero-order valence-corrected chi connectivity index (χ0v) is 22.6. The third-order valence-corrected chi connectivity index (χ3v) is 7.22. The van der Waals surface area contributed by atoms with Gasteiger partial charge >= 0.3 is 0 Å². The molecule has 0 aliphatic carbocycles. The highest BCUT2D eigenvalue weighted by Gasteiger charge is 2.39. The first kappa shape index (κ1) is 25.7. The summed E-state index contributed by atoms with van der Waals surface area (Å²) in [4.78, 5) is 33.2. The number of rotatable bonds is 5. The molecule has 3 aromatic heterocycles. The number of nitrogens with one attached hydrogen (secondary N) is 1. The van der Waals surface area contributed by atoms with Gasteiger partial charge in [0.15, 0.2) is 0 Å². The molecular formula is C29H33N5O4. The number of phenolic OH excluding ortho intramolecular Hbond substituents is 1. The quantitative estimate of drug-likeness (QED) is 0.381. The topological polar surface area (TPSA) is 111 Å². The Morgan fingerprint density at radius 2 is 1.79 bits per heavy atom. The molecule has 0 saturated carbocycles. The van der Waals surface area contributed by atoms with Crippen molar-refractivity contribution in [3.63, 3.8) is 0 Å². The summed E-state index contributed by atoms with van der Waals surface area (Å²) in [6.45, 7) is 11.2. The number of carbonyl (C=O) groups excluding carboxylic acids is 1. The van der Waals surface area contributed by atoms with Crippen molar-refractivity contribution in [1.82, 2.24) is 24.3 Å². The van der Waals surface area contributed by atoms with Gasteiger partial charge < -0.3 is 19.7 Å². The maximum absolute atomic E-state index is 12.5. The summed E-state index contributed by atoms with van der Waals surface area (Å²) in [5.41, 5.74) is 3.78. The van der Waals surface area contributed by atoms with Crippen LogP contribution in [0.3, 0.4) is 0 Å². The summed E-state index contributed by atoms with van der Waals surface area (Å²) in [6.07, 6.45) is 7.44. The van der Waals surface area contributed by atoms with Crippen LogP contribution in [0.15, 0.2) is 47.7 Å². The first-order valence-corrected chi connectivity index (χ1v) is 12.7. The van der Waals surface area contributed by atoms with Crippen LogP contribution in [0.25, 0.3) is 28.2 Å². The molecule has 1 aromatic carbocycles. The fourth-order valence-corrected chi connectivity index (χ4v) is 6.00. The van der Waals surface area contributed by atoms with Crippen LogP contribution in [0.2, 0.25) is 0 Å². The van der Waals surface area contributed by atoms with E-state index >= 15 is 0 Å². The Morgan fingerprint density at radius 1 is 1.08 bits per heavy atom. The second-order valence-corrected chi connectivity index (χ2v) is 11.6. The molecule has 1 aliphatic heterocycles. The molecule has 9 nitrogen and oxygen atoms in total. The molecule has 38 heavy (non-hydrogen) atoms. The number of pyridine rings is 1. The van der Waals surface area contributed by atoms with Crippen LogP contribution in [0.4, 0.5) is 0 Å². The molecule has 0 radical (unpaired) electrons. The Morgan fingerprint density at radius 3 is 2.45 bits per heavy atom. The number of hydrogen-bond acceptors (Lipinski definition) is 7. The summed E-state index contributed by atoms with van der Waals surface area (Å²) < 4.78 is 8.18. The summed E-state index contributed by atoms with van der Waals surface area (Å²) in [5.74, 6) is 0.774. The number of ether oxygens (including phenoxy) is 1. The summed E-state index contributed by atoms with van der Waals surface area (Å²) >= 11 is 0. The van der Waals surface area contributed by atoms with E-state index in [0.717, 1.165) is 24.1 Å². The lowest BCUT2D eigenvalue weighted by atomic mass is 9.74. The Kier molecular flexibility index (Phi) is 6.14. The van der Waals surface area contributed by atoms with Crippen molar-refractivity contribution in [3.05, 3.63) is 64.5 Å². The SMILES string of the molecule is Cc1cn2cc(-c3ccc(-c4ccn(C)c(=O)c4OC=O)cc3O)nc2nc1C1CC(C)(C)NC(C)(C)C1. The Bertz CT molecular complexity index is 1600. The Hall–Kier alpha value is -3.98. The minimum absolute atomic E-state index is 0.000395. The number of aromatic nitrogens is 4. The average Bonchev–Trinajstić information content (AvgIpc) is 3.22. The highest BCUT2D eigenvalue weighted by Crippen LogP contribution is 2.40. The largest absolute Gasteiger partial charge is 0.507 e. The van der Waals surface area contributed by atoms with Crippen molar-refractivity contribution in [2.75, 3.05) is 0 Å². The lowest BCUT2D eigenvalue weighted by molar-refractivity contribution is -0.120. The number of piperidine rings is 1. The van der Waals surface area contributed by atoms with Crippen molar-refractivity contribution in [3.8, 4) is 33.9 Å². The molecule has 0 amide bonds. The van der Waals surface area contributed by atoms with Crippen molar-refractivity contribution in [1.29, 1.82) is 0 Å². The molecule has 1 aliphatic rings. The Balaban J connectivity index is 1.52. The molecule has 1 saturated heterocycles. The molecular weight excluding hydrogens is 482 g/mol. The van der Waals surface area contributed by atoms with Crippen molar-refractivity contribution < 1.29 is 14.6 Å². The first-order valence-electron chi connectivity index (χ1n) is 12.7. The zero-order valence-electron chi connectivity index (χ0n) is 22.6. The molecule has 0 unspecified atom stereocenters. The fraction of sp³-hybridized carbons (Fsp3) is 0.379. The van der Waals surface area contributed by atoms with Gasteiger partial charge in [0.1, 0.15) is 5.75 Å². The van der Waals surface area contributed by atoms with Gasteiger partial charge in [-0.1, -0.05) is 6.07 Å². The van der Waals surface area contributed by atoms with E-state index in [1.807, 2.05) is 16.8 Å². The van der Waals surface area contributed by atoms with E-state index < -0.39 is 5.56 Å². The van der Waals surface area contributed by atoms with Gasteiger partial charge in [-0.2, -0.15) is 0 Å². The van der Waals surface area contributed by atoms with Crippen molar-refractivity contribution in [2.24, 2.45) is 7.05 Å². The van der Waals surface area contributed by atoms with Crippen LogP contribution >= 0.6 is 0 Å². The standard InChI is InChI=1S/C29H33N5O4/c1-17-14-34-15-22(30-27(34)31-24(17)19-12-28(2,3)32-29(4,5)13-19)21-8-7-18(11-23(21)36)20-9-10-33(6)26(37)25(20)38-16-35/h7-11,14-16,19,32,36H,12-13H2,1-6H3. The minimum Gasteiger partial charge on any atom is -0.507 e. The number of hydrogen-bond donors (Lipinski definition) is 2. The van der Waals surface area contributed by atoms with Gasteiger partial charge in [-0.05, 0) is 76.8 Å². The molecule has 198 valence electrons. The van der Waals surface area contributed by atoms with Crippen molar-refractivity contribution in [2.45, 2.75) is 64.5 Å². The number of aromatic hydroxyl groups is 1.